The van der Waals surface area contributed by atoms with Crippen LogP contribution in [0.2, 0.25) is 5.02 Å². The van der Waals surface area contributed by atoms with Gasteiger partial charge in [-0.05, 0) is 92.3 Å². The number of nitrogens with one attached hydrogen (secondary N) is 1. The highest BCUT2D eigenvalue weighted by Gasteiger charge is 2.27. The minimum Gasteiger partial charge on any atom is -0.456 e. The third-order valence-electron chi connectivity index (χ3n) is 9.68. The van der Waals surface area contributed by atoms with Gasteiger partial charge in [0.1, 0.15) is 17.2 Å². The summed E-state index contributed by atoms with van der Waals surface area (Å²) in [4.78, 5) is 33.1. The maximum atomic E-state index is 13.7. The summed E-state index contributed by atoms with van der Waals surface area (Å²) < 4.78 is 35.4. The largest absolute Gasteiger partial charge is 0.456 e. The van der Waals surface area contributed by atoms with Crippen LogP contribution < -0.4 is 19.3 Å². The highest BCUT2D eigenvalue weighted by molar-refractivity contribution is 7.90. The van der Waals surface area contributed by atoms with Crippen LogP contribution in [0.1, 0.15) is 22.3 Å². The molecule has 1 N–H and O–H groups in total. The summed E-state index contributed by atoms with van der Waals surface area (Å²) in [6.07, 6.45) is 0.750. The molecule has 0 spiro atoms. The van der Waals surface area contributed by atoms with E-state index in [1.807, 2.05) is 55.4 Å². The molecule has 6 rings (SSSR count). The van der Waals surface area contributed by atoms with E-state index < -0.39 is 25.7 Å². The van der Waals surface area contributed by atoms with Gasteiger partial charge in [0.05, 0.1) is 15.4 Å². The summed E-state index contributed by atoms with van der Waals surface area (Å²) in [5.74, 6) is -0.299. The SMILES string of the molecule is CN(C)CCCN(C)c1ccc(S(=O)(=O)NC(=O)c2ccc(N3CCN(Cc4ccccc4-c4ccc(Cl)cc4)CC3)cc2Oc2ccccc2)cc1[N+](=O)[O-]. The minimum absolute atomic E-state index is 0.00892. The van der Waals surface area contributed by atoms with E-state index >= 15 is 0 Å². The first-order valence-corrected chi connectivity index (χ1v) is 20.1. The summed E-state index contributed by atoms with van der Waals surface area (Å²) >= 11 is 6.14. The lowest BCUT2D eigenvalue weighted by Crippen LogP contribution is -2.46. The molecule has 12 nitrogen and oxygen atoms in total. The van der Waals surface area contributed by atoms with Gasteiger partial charge in [-0.15, -0.1) is 0 Å². The zero-order chi connectivity index (χ0) is 39.8. The van der Waals surface area contributed by atoms with E-state index in [9.17, 15) is 23.3 Å². The van der Waals surface area contributed by atoms with E-state index in [0.29, 0.717) is 30.4 Å². The standard InChI is InChI=1S/C42H45ClN6O6S/c1-45(2)22-9-23-46(3)39-21-19-36(29-40(39)49(51)52)56(53,54)44-42(50)38-20-18-34(28-41(38)55-35-11-5-4-6-12-35)48-26-24-47(25-27-48)30-32-10-7-8-13-37(32)31-14-16-33(43)17-15-31/h4-8,10-21,28-29H,9,22-27,30H2,1-3H3,(H,44,50). The van der Waals surface area contributed by atoms with E-state index in [0.717, 1.165) is 49.9 Å². The number of hydrogen-bond donors (Lipinski definition) is 1. The van der Waals surface area contributed by atoms with Crippen molar-refractivity contribution >= 4 is 44.6 Å². The van der Waals surface area contributed by atoms with E-state index in [1.54, 1.807) is 54.4 Å². The first-order valence-electron chi connectivity index (χ1n) is 18.3. The average Bonchev–Trinajstić information content (AvgIpc) is 3.18. The molecule has 1 saturated heterocycles. The number of anilines is 2. The van der Waals surface area contributed by atoms with Crippen molar-refractivity contribution in [2.75, 3.05) is 70.2 Å². The van der Waals surface area contributed by atoms with Crippen molar-refractivity contribution < 1.29 is 22.9 Å². The Labute approximate surface area is 333 Å². The molecular formula is C42H45ClN6O6S. The van der Waals surface area contributed by atoms with Crippen molar-refractivity contribution in [1.82, 2.24) is 14.5 Å². The molecule has 56 heavy (non-hydrogen) atoms. The molecule has 1 aliphatic heterocycles. The van der Waals surface area contributed by atoms with E-state index in [2.05, 4.69) is 32.7 Å². The number of nitro groups is 1. The second-order valence-corrected chi connectivity index (χ2v) is 16.1. The maximum Gasteiger partial charge on any atom is 0.293 e. The molecule has 1 amide bonds. The molecule has 0 unspecified atom stereocenters. The summed E-state index contributed by atoms with van der Waals surface area (Å²) in [5.41, 5.74) is 4.20. The minimum atomic E-state index is -4.52. The van der Waals surface area contributed by atoms with Gasteiger partial charge in [0.2, 0.25) is 0 Å². The fourth-order valence-electron chi connectivity index (χ4n) is 6.69. The Hall–Kier alpha value is -5.47. The number of nitro benzene ring substituents is 1. The Morgan fingerprint density at radius 1 is 0.857 bits per heavy atom. The first kappa shape index (κ1) is 40.2. The predicted octanol–water partition coefficient (Wildman–Crippen LogP) is 7.54. The quantitative estimate of drug-likeness (QED) is 0.0839. The molecule has 1 aliphatic rings. The smallest absolute Gasteiger partial charge is 0.293 e. The maximum absolute atomic E-state index is 13.7. The molecule has 0 atom stereocenters. The Morgan fingerprint density at radius 3 is 2.25 bits per heavy atom. The topological polar surface area (TPSA) is 129 Å². The van der Waals surface area contributed by atoms with Gasteiger partial charge in [0, 0.05) is 69.2 Å². The van der Waals surface area contributed by atoms with Gasteiger partial charge in [0.25, 0.3) is 21.6 Å². The molecule has 0 radical (unpaired) electrons. The second-order valence-electron chi connectivity index (χ2n) is 13.9. The molecule has 0 aliphatic carbocycles. The number of benzene rings is 5. The van der Waals surface area contributed by atoms with Crippen LogP contribution in [0.25, 0.3) is 11.1 Å². The Kier molecular flexibility index (Phi) is 12.9. The van der Waals surface area contributed by atoms with Crippen LogP contribution in [-0.4, -0.2) is 89.5 Å². The summed E-state index contributed by atoms with van der Waals surface area (Å²) in [7, 11) is 1.08. The Morgan fingerprint density at radius 2 is 1.55 bits per heavy atom. The lowest BCUT2D eigenvalue weighted by Gasteiger charge is -2.36. The molecule has 1 heterocycles. The van der Waals surface area contributed by atoms with Crippen LogP contribution in [-0.2, 0) is 16.6 Å². The number of ether oxygens (including phenoxy) is 1. The number of carbonyl (C=O) groups is 1. The molecule has 0 saturated carbocycles. The zero-order valence-electron chi connectivity index (χ0n) is 31.6. The van der Waals surface area contributed by atoms with Crippen LogP contribution >= 0.6 is 11.6 Å². The molecule has 5 aromatic rings. The number of nitrogens with zero attached hydrogens (tertiary/aromatic N) is 5. The summed E-state index contributed by atoms with van der Waals surface area (Å²) in [6, 6.07) is 33.8. The molecule has 292 valence electrons. The highest BCUT2D eigenvalue weighted by Crippen LogP contribution is 2.33. The number of piperazine rings is 1. The van der Waals surface area contributed by atoms with Crippen LogP contribution in [0.15, 0.2) is 120 Å². The van der Waals surface area contributed by atoms with Crippen molar-refractivity contribution in [1.29, 1.82) is 0 Å². The van der Waals surface area contributed by atoms with Gasteiger partial charge in [-0.25, -0.2) is 13.1 Å². The molecule has 5 aromatic carbocycles. The number of para-hydroxylation sites is 1. The highest BCUT2D eigenvalue weighted by atomic mass is 35.5. The normalized spacial score (nSPS) is 13.4. The predicted molar refractivity (Wildman–Crippen MR) is 222 cm³/mol. The van der Waals surface area contributed by atoms with Crippen molar-refractivity contribution in [3.05, 3.63) is 142 Å². The Bertz CT molecular complexity index is 2270. The van der Waals surface area contributed by atoms with E-state index in [1.165, 1.54) is 23.3 Å². The average molecular weight is 797 g/mol. The van der Waals surface area contributed by atoms with Crippen molar-refractivity contribution in [2.45, 2.75) is 17.9 Å². The number of amides is 1. The van der Waals surface area contributed by atoms with Crippen LogP contribution in [0.5, 0.6) is 11.5 Å². The van der Waals surface area contributed by atoms with Crippen LogP contribution in [0, 0.1) is 10.1 Å². The Balaban J connectivity index is 1.18. The lowest BCUT2D eigenvalue weighted by atomic mass is 9.99. The van der Waals surface area contributed by atoms with Crippen molar-refractivity contribution in [3.63, 3.8) is 0 Å². The number of halogens is 1. The zero-order valence-corrected chi connectivity index (χ0v) is 33.2. The van der Waals surface area contributed by atoms with Crippen LogP contribution in [0.3, 0.4) is 0 Å². The van der Waals surface area contributed by atoms with Gasteiger partial charge in [-0.1, -0.05) is 66.2 Å². The molecule has 0 bridgehead atoms. The summed E-state index contributed by atoms with van der Waals surface area (Å²) in [6.45, 7) is 5.11. The number of hydrogen-bond acceptors (Lipinski definition) is 10. The van der Waals surface area contributed by atoms with Gasteiger partial charge in [0.15, 0.2) is 0 Å². The van der Waals surface area contributed by atoms with E-state index in [4.69, 9.17) is 16.3 Å². The molecule has 0 aromatic heterocycles. The van der Waals surface area contributed by atoms with Gasteiger partial charge in [-0.2, -0.15) is 0 Å². The number of rotatable bonds is 15. The van der Waals surface area contributed by atoms with Crippen molar-refractivity contribution in [2.24, 2.45) is 0 Å². The third-order valence-corrected chi connectivity index (χ3v) is 11.3. The van der Waals surface area contributed by atoms with Gasteiger partial charge >= 0.3 is 0 Å². The fourth-order valence-corrected chi connectivity index (χ4v) is 7.80. The number of carbonyl (C=O) groups excluding carboxylic acids is 1. The first-order chi connectivity index (χ1) is 26.9. The monoisotopic (exact) mass is 796 g/mol. The molecular weight excluding hydrogens is 752 g/mol. The third kappa shape index (κ3) is 10.0. The van der Waals surface area contributed by atoms with Crippen molar-refractivity contribution in [3.8, 4) is 22.6 Å². The van der Waals surface area contributed by atoms with Gasteiger partial charge in [-0.3, -0.25) is 19.8 Å². The lowest BCUT2D eigenvalue weighted by molar-refractivity contribution is -0.384. The molecule has 14 heteroatoms. The fraction of sp³-hybridized carbons (Fsp3) is 0.262. The van der Waals surface area contributed by atoms with E-state index in [-0.39, 0.29) is 22.7 Å². The number of sulfonamides is 1. The second kappa shape index (κ2) is 18.0. The van der Waals surface area contributed by atoms with Crippen LogP contribution in [0.4, 0.5) is 17.1 Å². The summed E-state index contributed by atoms with van der Waals surface area (Å²) in [5, 5.41) is 12.7. The van der Waals surface area contributed by atoms with Gasteiger partial charge < -0.3 is 19.4 Å². The molecule has 1 fully saturated rings.